The van der Waals surface area contributed by atoms with Gasteiger partial charge >= 0.3 is 0 Å². The summed E-state index contributed by atoms with van der Waals surface area (Å²) in [6.45, 7) is 10.8. The molecule has 1 heteroatoms. The highest BCUT2D eigenvalue weighted by Gasteiger charge is 2.30. The normalized spacial score (nSPS) is 12.7. The lowest BCUT2D eigenvalue weighted by Crippen LogP contribution is -2.26. The largest absolute Gasteiger partial charge is 0.386 e. The zero-order chi connectivity index (χ0) is 19.2. The summed E-state index contributed by atoms with van der Waals surface area (Å²) in [5.41, 5.74) is 4.57. The van der Waals surface area contributed by atoms with Crippen LogP contribution in [0.2, 0.25) is 0 Å². The van der Waals surface area contributed by atoms with E-state index < -0.39 is 5.60 Å². The Balaban J connectivity index is 2.43. The molecule has 26 heavy (non-hydrogen) atoms. The standard InChI is InChI=1S/C25H34O/c1-6-24(26,7-2)18-17-21-15-16-23(19-20(21)5)25(8-3,9-4)22-13-11-10-12-14-22/h10-19,26H,6-9H2,1-5H3. The molecular formula is C25H34O. The third kappa shape index (κ3) is 4.10. The van der Waals surface area contributed by atoms with Gasteiger partial charge in [0.05, 0.1) is 5.60 Å². The molecule has 0 saturated carbocycles. The average molecular weight is 351 g/mol. The van der Waals surface area contributed by atoms with E-state index in [1.54, 1.807) is 0 Å². The van der Waals surface area contributed by atoms with E-state index in [4.69, 9.17) is 0 Å². The van der Waals surface area contributed by atoms with E-state index in [0.717, 1.165) is 25.7 Å². The van der Waals surface area contributed by atoms with Crippen LogP contribution in [0, 0.1) is 6.92 Å². The minimum Gasteiger partial charge on any atom is -0.386 e. The van der Waals surface area contributed by atoms with Gasteiger partial charge in [-0.25, -0.2) is 0 Å². The highest BCUT2D eigenvalue weighted by molar-refractivity contribution is 5.57. The Morgan fingerprint density at radius 1 is 0.808 bits per heavy atom. The van der Waals surface area contributed by atoms with Crippen molar-refractivity contribution in [3.63, 3.8) is 0 Å². The Hall–Kier alpha value is -1.86. The highest BCUT2D eigenvalue weighted by atomic mass is 16.3. The summed E-state index contributed by atoms with van der Waals surface area (Å²) in [6.07, 6.45) is 7.66. The van der Waals surface area contributed by atoms with Crippen molar-refractivity contribution in [2.24, 2.45) is 0 Å². The van der Waals surface area contributed by atoms with Crippen molar-refractivity contribution in [2.45, 2.75) is 71.3 Å². The first kappa shape index (κ1) is 20.5. The van der Waals surface area contributed by atoms with Crippen LogP contribution in [0.15, 0.2) is 54.6 Å². The molecule has 0 aromatic heterocycles. The van der Waals surface area contributed by atoms with Crippen molar-refractivity contribution in [1.82, 2.24) is 0 Å². The van der Waals surface area contributed by atoms with Gasteiger partial charge in [0, 0.05) is 5.41 Å². The Morgan fingerprint density at radius 3 is 1.92 bits per heavy atom. The Kier molecular flexibility index (Phi) is 6.83. The first-order valence-electron chi connectivity index (χ1n) is 10.0. The van der Waals surface area contributed by atoms with Crippen LogP contribution in [0.3, 0.4) is 0 Å². The first-order valence-corrected chi connectivity index (χ1v) is 10.0. The fourth-order valence-corrected chi connectivity index (χ4v) is 3.88. The molecule has 0 radical (unpaired) electrons. The monoisotopic (exact) mass is 350 g/mol. The maximum absolute atomic E-state index is 10.5. The molecule has 0 unspecified atom stereocenters. The lowest BCUT2D eigenvalue weighted by molar-refractivity contribution is 0.0836. The summed E-state index contributed by atoms with van der Waals surface area (Å²) in [5.74, 6) is 0. The minimum atomic E-state index is -0.703. The highest BCUT2D eigenvalue weighted by Crippen LogP contribution is 2.39. The topological polar surface area (TPSA) is 20.2 Å². The van der Waals surface area contributed by atoms with Crippen LogP contribution in [0.5, 0.6) is 0 Å². The lowest BCUT2D eigenvalue weighted by Gasteiger charge is -2.33. The molecule has 1 N–H and O–H groups in total. The summed E-state index contributed by atoms with van der Waals surface area (Å²) in [6, 6.07) is 17.7. The lowest BCUT2D eigenvalue weighted by atomic mass is 9.70. The smallest absolute Gasteiger partial charge is 0.0825 e. The van der Waals surface area contributed by atoms with Gasteiger partial charge in [-0.3, -0.25) is 0 Å². The summed E-state index contributed by atoms with van der Waals surface area (Å²) in [5, 5.41) is 10.5. The van der Waals surface area contributed by atoms with Crippen molar-refractivity contribution >= 4 is 6.08 Å². The van der Waals surface area contributed by atoms with E-state index in [0.29, 0.717) is 0 Å². The second-order valence-corrected chi connectivity index (χ2v) is 7.37. The van der Waals surface area contributed by atoms with Gasteiger partial charge in [-0.05, 0) is 54.9 Å². The van der Waals surface area contributed by atoms with Crippen LogP contribution >= 0.6 is 0 Å². The van der Waals surface area contributed by atoms with Gasteiger partial charge in [-0.1, -0.05) is 88.4 Å². The van der Waals surface area contributed by atoms with E-state index in [2.05, 4.69) is 75.4 Å². The molecule has 0 bridgehead atoms. The quantitative estimate of drug-likeness (QED) is 0.564. The molecule has 140 valence electrons. The molecule has 0 heterocycles. The van der Waals surface area contributed by atoms with Gasteiger partial charge in [0.2, 0.25) is 0 Å². The van der Waals surface area contributed by atoms with Crippen molar-refractivity contribution in [2.75, 3.05) is 0 Å². The average Bonchev–Trinajstić information content (AvgIpc) is 2.69. The van der Waals surface area contributed by atoms with Gasteiger partial charge in [-0.2, -0.15) is 0 Å². The van der Waals surface area contributed by atoms with Gasteiger partial charge in [-0.15, -0.1) is 0 Å². The minimum absolute atomic E-state index is 0.0574. The molecule has 0 aliphatic carbocycles. The molecule has 0 aliphatic rings. The van der Waals surface area contributed by atoms with Gasteiger partial charge in [0.1, 0.15) is 0 Å². The number of hydrogen-bond donors (Lipinski definition) is 1. The second-order valence-electron chi connectivity index (χ2n) is 7.37. The molecule has 0 atom stereocenters. The third-order valence-electron chi connectivity index (χ3n) is 6.15. The van der Waals surface area contributed by atoms with E-state index in [1.165, 1.54) is 22.3 Å². The Morgan fingerprint density at radius 2 is 1.42 bits per heavy atom. The number of aryl methyl sites for hydroxylation is 1. The Labute approximate surface area is 159 Å². The predicted molar refractivity (Wildman–Crippen MR) is 114 cm³/mol. The molecular weight excluding hydrogens is 316 g/mol. The van der Waals surface area contributed by atoms with Gasteiger partial charge in [0.25, 0.3) is 0 Å². The molecule has 1 nitrogen and oxygen atoms in total. The van der Waals surface area contributed by atoms with Crippen LogP contribution in [-0.4, -0.2) is 10.7 Å². The van der Waals surface area contributed by atoms with Crippen molar-refractivity contribution in [3.8, 4) is 0 Å². The maximum atomic E-state index is 10.5. The molecule has 2 rings (SSSR count). The van der Waals surface area contributed by atoms with Crippen LogP contribution in [0.1, 0.15) is 75.6 Å². The summed E-state index contributed by atoms with van der Waals surface area (Å²) in [4.78, 5) is 0. The second kappa shape index (κ2) is 8.68. The fraction of sp³-hybridized carbons (Fsp3) is 0.440. The van der Waals surface area contributed by atoms with Crippen LogP contribution in [-0.2, 0) is 5.41 Å². The molecule has 0 spiro atoms. The third-order valence-corrected chi connectivity index (χ3v) is 6.15. The zero-order valence-corrected chi connectivity index (χ0v) is 17.0. The summed E-state index contributed by atoms with van der Waals surface area (Å²) in [7, 11) is 0. The van der Waals surface area contributed by atoms with Crippen LogP contribution in [0.25, 0.3) is 6.08 Å². The zero-order valence-electron chi connectivity index (χ0n) is 17.0. The number of aliphatic hydroxyl groups is 1. The number of benzene rings is 2. The van der Waals surface area contributed by atoms with Crippen molar-refractivity contribution < 1.29 is 5.11 Å². The Bertz CT molecular complexity index is 719. The molecule has 2 aromatic rings. The van der Waals surface area contributed by atoms with Crippen LogP contribution in [0.4, 0.5) is 0 Å². The molecule has 0 amide bonds. The van der Waals surface area contributed by atoms with Gasteiger partial charge < -0.3 is 5.11 Å². The fourth-order valence-electron chi connectivity index (χ4n) is 3.88. The van der Waals surface area contributed by atoms with E-state index in [-0.39, 0.29) is 5.41 Å². The van der Waals surface area contributed by atoms with E-state index >= 15 is 0 Å². The van der Waals surface area contributed by atoms with Crippen LogP contribution < -0.4 is 0 Å². The number of rotatable bonds is 8. The number of hydrogen-bond acceptors (Lipinski definition) is 1. The predicted octanol–water partition coefficient (Wildman–Crippen LogP) is 6.67. The SMILES string of the molecule is CCC(O)(C=Cc1ccc(C(CC)(CC)c2ccccc2)cc1C)CC. The first-order chi connectivity index (χ1) is 12.4. The maximum Gasteiger partial charge on any atom is 0.0825 e. The molecule has 0 aliphatic heterocycles. The summed E-state index contributed by atoms with van der Waals surface area (Å²) < 4.78 is 0. The van der Waals surface area contributed by atoms with Crippen molar-refractivity contribution in [1.29, 1.82) is 0 Å². The van der Waals surface area contributed by atoms with E-state index in [9.17, 15) is 5.11 Å². The van der Waals surface area contributed by atoms with Crippen molar-refractivity contribution in [3.05, 3.63) is 76.9 Å². The van der Waals surface area contributed by atoms with E-state index in [1.807, 2.05) is 19.9 Å². The molecule has 0 fully saturated rings. The molecule has 2 aromatic carbocycles. The molecule has 0 saturated heterocycles. The van der Waals surface area contributed by atoms with Gasteiger partial charge in [0.15, 0.2) is 0 Å². The summed E-state index contributed by atoms with van der Waals surface area (Å²) >= 11 is 0.